The Hall–Kier alpha value is -5.44. The molecule has 0 saturated carbocycles. The van der Waals surface area contributed by atoms with E-state index in [-0.39, 0.29) is 23.1 Å². The van der Waals surface area contributed by atoms with Crippen molar-refractivity contribution in [3.05, 3.63) is 147 Å². The summed E-state index contributed by atoms with van der Waals surface area (Å²) in [5.74, 6) is -4.62. The molecule has 9 heteroatoms. The number of ketones is 1. The number of hydrogen-bond donors (Lipinski definition) is 0. The average Bonchev–Trinajstić information content (AvgIpc) is 3.30. The van der Waals surface area contributed by atoms with Gasteiger partial charge in [0, 0.05) is 35.1 Å². The van der Waals surface area contributed by atoms with Crippen molar-refractivity contribution in [1.82, 2.24) is 10.0 Å². The zero-order chi connectivity index (χ0) is 30.0. The summed E-state index contributed by atoms with van der Waals surface area (Å²) in [6.07, 6.45) is 0. The van der Waals surface area contributed by atoms with Crippen LogP contribution in [0.2, 0.25) is 0 Å². The van der Waals surface area contributed by atoms with Gasteiger partial charge in [-0.1, -0.05) is 78.9 Å². The number of non-ortho nitro benzene ring substituents is 1. The Morgan fingerprint density at radius 1 is 0.698 bits per heavy atom. The molecule has 0 N–H and O–H groups in total. The minimum Gasteiger partial charge on any atom is -0.292 e. The Balaban J connectivity index is 1.35. The quantitative estimate of drug-likeness (QED) is 0.137. The maximum Gasteiger partial charge on any atom is 0.273 e. The van der Waals surface area contributed by atoms with E-state index in [0.717, 1.165) is 32.3 Å². The number of nitro benzene ring substituents is 1. The van der Waals surface area contributed by atoms with E-state index in [1.54, 1.807) is 30.3 Å². The number of Topliss-reactive ketones (excluding diaryl/α,β-unsaturated/α-hetero) is 1. The number of hydrogen-bond acceptors (Lipinski definition) is 6. The second-order valence-electron chi connectivity index (χ2n) is 11.1. The summed E-state index contributed by atoms with van der Waals surface area (Å²) in [5.41, 5.74) is 4.03. The summed E-state index contributed by atoms with van der Waals surface area (Å²) in [5, 5.41) is 13.1. The van der Waals surface area contributed by atoms with Gasteiger partial charge in [-0.3, -0.25) is 29.3 Å². The van der Waals surface area contributed by atoms with E-state index in [1.165, 1.54) is 31.2 Å². The van der Waals surface area contributed by atoms with E-state index in [4.69, 9.17) is 0 Å². The molecule has 1 saturated heterocycles. The Morgan fingerprint density at radius 3 is 1.58 bits per heavy atom. The molecule has 0 radical (unpaired) electrons. The summed E-state index contributed by atoms with van der Waals surface area (Å²) in [4.78, 5) is 67.4. The predicted molar refractivity (Wildman–Crippen MR) is 155 cm³/mol. The molecule has 3 aliphatic carbocycles. The van der Waals surface area contributed by atoms with Crippen LogP contribution in [0.15, 0.2) is 103 Å². The highest BCUT2D eigenvalue weighted by molar-refractivity contribution is 6.11. The van der Waals surface area contributed by atoms with Crippen molar-refractivity contribution in [3.8, 4) is 0 Å². The minimum absolute atomic E-state index is 0.00308. The van der Waals surface area contributed by atoms with Gasteiger partial charge in [-0.2, -0.15) is 5.01 Å². The van der Waals surface area contributed by atoms with Crippen LogP contribution in [0, 0.1) is 22.0 Å². The second-order valence-corrected chi connectivity index (χ2v) is 11.1. The first-order chi connectivity index (χ1) is 20.8. The van der Waals surface area contributed by atoms with E-state index in [9.17, 15) is 29.3 Å². The van der Waals surface area contributed by atoms with E-state index in [0.29, 0.717) is 5.56 Å². The SMILES string of the molecule is C[C@H](C(=O)c1ccccc1)N(C(=O)c1ccc([N+](=O)[O-])cc1)N1C(=O)[C@H]2C3c4ccccc4C(c4ccccc43)[C@@H]2C1=O. The van der Waals surface area contributed by atoms with Gasteiger partial charge in [-0.15, -0.1) is 0 Å². The van der Waals surface area contributed by atoms with Crippen LogP contribution in [0.1, 0.15) is 61.7 Å². The molecule has 0 unspecified atom stereocenters. The van der Waals surface area contributed by atoms with Crippen LogP contribution < -0.4 is 0 Å². The van der Waals surface area contributed by atoms with E-state index in [1.807, 2.05) is 48.5 Å². The molecule has 43 heavy (non-hydrogen) atoms. The number of rotatable bonds is 6. The molecule has 4 aromatic rings. The Morgan fingerprint density at radius 2 is 1.14 bits per heavy atom. The highest BCUT2D eigenvalue weighted by Gasteiger charge is 2.63. The van der Waals surface area contributed by atoms with Crippen molar-refractivity contribution < 1.29 is 24.1 Å². The third-order valence-electron chi connectivity index (χ3n) is 8.98. The molecule has 3 amide bonds. The standard InChI is InChI=1S/C34H25N3O6/c1-19(31(38)20-9-3-2-4-10-20)35(32(39)21-15-17-22(18-16-21)37(42)43)36-33(40)29-27-23-11-5-6-12-24(23)28(30(29)34(36)41)26-14-8-7-13-25(26)27/h2-19,27-30H,1H3/t19-,27?,28?,29+,30+/m1/s1. The fraction of sp³-hybridized carbons (Fsp3) is 0.176. The molecule has 8 rings (SSSR count). The van der Waals surface area contributed by atoms with Crippen LogP contribution in [-0.2, 0) is 9.59 Å². The monoisotopic (exact) mass is 571 g/mol. The normalized spacial score (nSPS) is 21.9. The lowest BCUT2D eigenvalue weighted by molar-refractivity contribution is -0.384. The molecule has 3 atom stereocenters. The first-order valence-electron chi connectivity index (χ1n) is 14.0. The smallest absolute Gasteiger partial charge is 0.273 e. The molecule has 9 nitrogen and oxygen atoms in total. The van der Waals surface area contributed by atoms with Crippen LogP contribution in [0.4, 0.5) is 5.69 Å². The van der Waals surface area contributed by atoms with Gasteiger partial charge in [0.1, 0.15) is 6.04 Å². The van der Waals surface area contributed by atoms with Crippen LogP contribution in [0.25, 0.3) is 0 Å². The fourth-order valence-corrected chi connectivity index (χ4v) is 7.13. The predicted octanol–water partition coefficient (Wildman–Crippen LogP) is 5.12. The first kappa shape index (κ1) is 26.5. The molecule has 1 fully saturated rings. The summed E-state index contributed by atoms with van der Waals surface area (Å²) in [6.45, 7) is 1.49. The number of imide groups is 1. The van der Waals surface area contributed by atoms with E-state index >= 15 is 0 Å². The molecule has 0 aromatic heterocycles. The number of carbonyl (C=O) groups excluding carboxylic acids is 4. The molecule has 0 spiro atoms. The number of hydrazine groups is 1. The van der Waals surface area contributed by atoms with Crippen LogP contribution in [-0.4, -0.2) is 44.5 Å². The van der Waals surface area contributed by atoms with Crippen molar-refractivity contribution in [1.29, 1.82) is 0 Å². The maximum absolute atomic E-state index is 14.5. The van der Waals surface area contributed by atoms with Gasteiger partial charge < -0.3 is 0 Å². The summed E-state index contributed by atoms with van der Waals surface area (Å²) >= 11 is 0. The molecule has 1 heterocycles. The van der Waals surface area contributed by atoms with Crippen molar-refractivity contribution in [3.63, 3.8) is 0 Å². The zero-order valence-electron chi connectivity index (χ0n) is 23.0. The van der Waals surface area contributed by atoms with Gasteiger partial charge in [-0.05, 0) is 41.3 Å². The van der Waals surface area contributed by atoms with Crippen molar-refractivity contribution >= 4 is 29.2 Å². The minimum atomic E-state index is -1.24. The maximum atomic E-state index is 14.5. The largest absolute Gasteiger partial charge is 0.292 e. The molecule has 212 valence electrons. The topological polar surface area (TPSA) is 118 Å². The lowest BCUT2D eigenvalue weighted by atomic mass is 9.55. The second kappa shape index (κ2) is 9.84. The highest BCUT2D eigenvalue weighted by atomic mass is 16.6. The van der Waals surface area contributed by atoms with E-state index in [2.05, 4.69) is 0 Å². The molecule has 1 aliphatic heterocycles. The van der Waals surface area contributed by atoms with Crippen LogP contribution >= 0.6 is 0 Å². The van der Waals surface area contributed by atoms with Crippen LogP contribution in [0.5, 0.6) is 0 Å². The summed E-state index contributed by atoms with van der Waals surface area (Å²) in [7, 11) is 0. The third-order valence-corrected chi connectivity index (χ3v) is 8.98. The van der Waals surface area contributed by atoms with Gasteiger partial charge >= 0.3 is 0 Å². The van der Waals surface area contributed by atoms with Crippen molar-refractivity contribution in [2.24, 2.45) is 11.8 Å². The third kappa shape index (κ3) is 3.85. The zero-order valence-corrected chi connectivity index (χ0v) is 23.0. The van der Waals surface area contributed by atoms with Gasteiger partial charge in [0.2, 0.25) is 0 Å². The van der Waals surface area contributed by atoms with Crippen molar-refractivity contribution in [2.75, 3.05) is 0 Å². The summed E-state index contributed by atoms with van der Waals surface area (Å²) in [6, 6.07) is 27.6. The van der Waals surface area contributed by atoms with Gasteiger partial charge in [0.05, 0.1) is 16.8 Å². The van der Waals surface area contributed by atoms with Gasteiger partial charge in [0.25, 0.3) is 23.4 Å². The van der Waals surface area contributed by atoms with E-state index < -0.39 is 46.3 Å². The molecule has 2 bridgehead atoms. The fourth-order valence-electron chi connectivity index (χ4n) is 7.13. The lowest BCUT2D eigenvalue weighted by Crippen LogP contribution is -2.56. The Kier molecular flexibility index (Phi) is 6.05. The summed E-state index contributed by atoms with van der Waals surface area (Å²) < 4.78 is 0. The molecular weight excluding hydrogens is 546 g/mol. The number of nitro groups is 1. The van der Waals surface area contributed by atoms with Crippen molar-refractivity contribution in [2.45, 2.75) is 24.8 Å². The first-order valence-corrected chi connectivity index (χ1v) is 14.0. The van der Waals surface area contributed by atoms with Gasteiger partial charge in [0.15, 0.2) is 5.78 Å². The number of carbonyl (C=O) groups is 4. The molecule has 4 aliphatic rings. The molecular formula is C34H25N3O6. The average molecular weight is 572 g/mol. The molecule has 4 aromatic carbocycles. The lowest BCUT2D eigenvalue weighted by Gasteiger charge is -2.45. The Bertz CT molecular complexity index is 1720. The van der Waals surface area contributed by atoms with Gasteiger partial charge in [-0.25, -0.2) is 5.01 Å². The number of benzene rings is 4. The number of nitrogens with zero attached hydrogens (tertiary/aromatic N) is 3. The van der Waals surface area contributed by atoms with Crippen LogP contribution in [0.3, 0.4) is 0 Å². The number of amides is 3. The highest BCUT2D eigenvalue weighted by Crippen LogP contribution is 2.61. The Labute approximate surface area is 246 Å².